The Hall–Kier alpha value is -3.76. The van der Waals surface area contributed by atoms with Gasteiger partial charge in [0, 0.05) is 0 Å². The summed E-state index contributed by atoms with van der Waals surface area (Å²) in [6.07, 6.45) is 9.63. The lowest BCUT2D eigenvalue weighted by Crippen LogP contribution is -2.42. The van der Waals surface area contributed by atoms with Crippen LogP contribution in [0.4, 0.5) is 9.59 Å². The summed E-state index contributed by atoms with van der Waals surface area (Å²) < 4.78 is 9.21. The molecule has 2 aromatic carbocycles. The number of hydrogen-bond donors (Lipinski definition) is 4. The number of hydrogen-bond acceptors (Lipinski definition) is 8. The lowest BCUT2D eigenvalue weighted by Gasteiger charge is -2.16. The Morgan fingerprint density at radius 1 is 0.524 bits per heavy atom. The number of rotatable bonds is 21. The minimum Gasteiger partial charge on any atom is -0.375 e. The minimum absolute atomic E-state index is 0.430. The third-order valence-corrected chi connectivity index (χ3v) is 6.92. The molecule has 2 atom stereocenters. The summed E-state index contributed by atoms with van der Waals surface area (Å²) in [5, 5.41) is 6.42. The number of primary amides is 2. The van der Waals surface area contributed by atoms with E-state index in [1.54, 1.807) is 0 Å². The maximum atomic E-state index is 12.2. The first kappa shape index (κ1) is 34.4. The second kappa shape index (κ2) is 21.0. The molecule has 0 saturated carbocycles. The lowest BCUT2D eigenvalue weighted by atomic mass is 10.0. The number of unbranched alkanes of at least 4 members (excludes halogenated alkanes) is 9. The van der Waals surface area contributed by atoms with Crippen molar-refractivity contribution >= 4 is 24.1 Å². The molecule has 10 nitrogen and oxygen atoms in total. The lowest BCUT2D eigenvalue weighted by molar-refractivity contribution is -0.140. The molecule has 2 rings (SSSR count). The zero-order valence-electron chi connectivity index (χ0n) is 24.4. The van der Waals surface area contributed by atoms with Gasteiger partial charge in [-0.05, 0) is 49.9 Å². The summed E-state index contributed by atoms with van der Waals surface area (Å²) in [5.41, 5.74) is 12.0. The Kier molecular flexibility index (Phi) is 17.2. The maximum Gasteiger partial charge on any atom is 0.412 e. The molecule has 0 heterocycles. The van der Waals surface area contributed by atoms with E-state index in [2.05, 4.69) is 20.1 Å². The molecule has 0 aliphatic heterocycles. The molecule has 0 spiro atoms. The summed E-state index contributed by atoms with van der Waals surface area (Å²) >= 11 is 0. The SMILES string of the molecule is NC(=O)OC(=O)C(Cc1ccccc1)NCCCCCCCCCCCCNC(Cc1ccccc1)C(=O)OC(N)=O. The molecule has 6 N–H and O–H groups in total. The largest absolute Gasteiger partial charge is 0.412 e. The first-order chi connectivity index (χ1) is 20.3. The number of amides is 2. The van der Waals surface area contributed by atoms with E-state index in [9.17, 15) is 19.2 Å². The van der Waals surface area contributed by atoms with E-state index in [-0.39, 0.29) is 0 Å². The van der Waals surface area contributed by atoms with Gasteiger partial charge >= 0.3 is 24.1 Å². The van der Waals surface area contributed by atoms with Crippen molar-refractivity contribution in [2.75, 3.05) is 13.1 Å². The van der Waals surface area contributed by atoms with Crippen LogP contribution in [-0.2, 0) is 31.9 Å². The standard InChI is InChI=1S/C32H46N4O6/c33-31(39)41-29(37)27(23-25-17-11-9-12-18-25)35-21-15-7-5-3-1-2-4-6-8-16-22-36-28(30(38)42-32(34)40)24-26-19-13-10-14-20-26/h9-14,17-20,27-28,35-36H,1-8,15-16,21-24H2,(H2,33,39)(H2,34,40). The van der Waals surface area contributed by atoms with Gasteiger partial charge in [0.05, 0.1) is 0 Å². The Balaban J connectivity index is 1.51. The first-order valence-corrected chi connectivity index (χ1v) is 14.9. The van der Waals surface area contributed by atoms with E-state index in [0.717, 1.165) is 49.7 Å². The van der Waals surface area contributed by atoms with Crippen molar-refractivity contribution in [3.05, 3.63) is 71.8 Å². The van der Waals surface area contributed by atoms with Crippen molar-refractivity contribution in [3.63, 3.8) is 0 Å². The van der Waals surface area contributed by atoms with Gasteiger partial charge in [0.1, 0.15) is 12.1 Å². The van der Waals surface area contributed by atoms with Crippen molar-refractivity contribution < 1.29 is 28.7 Å². The molecule has 42 heavy (non-hydrogen) atoms. The molecule has 0 radical (unpaired) electrons. The van der Waals surface area contributed by atoms with E-state index in [0.29, 0.717) is 25.9 Å². The highest BCUT2D eigenvalue weighted by Gasteiger charge is 2.22. The topological polar surface area (TPSA) is 163 Å². The van der Waals surface area contributed by atoms with Crippen LogP contribution >= 0.6 is 0 Å². The van der Waals surface area contributed by atoms with Crippen LogP contribution in [0.3, 0.4) is 0 Å². The number of esters is 2. The van der Waals surface area contributed by atoms with Crippen LogP contribution < -0.4 is 22.1 Å². The fourth-order valence-electron chi connectivity index (χ4n) is 4.73. The van der Waals surface area contributed by atoms with E-state index >= 15 is 0 Å². The second-order valence-electron chi connectivity index (χ2n) is 10.4. The van der Waals surface area contributed by atoms with Gasteiger partial charge in [0.25, 0.3) is 0 Å². The summed E-state index contributed by atoms with van der Waals surface area (Å²) in [4.78, 5) is 46.5. The van der Waals surface area contributed by atoms with Gasteiger partial charge in [-0.1, -0.05) is 112 Å². The predicted molar refractivity (Wildman–Crippen MR) is 161 cm³/mol. The highest BCUT2D eigenvalue weighted by Crippen LogP contribution is 2.12. The fourth-order valence-corrected chi connectivity index (χ4v) is 4.73. The van der Waals surface area contributed by atoms with Crippen LogP contribution in [0.25, 0.3) is 0 Å². The summed E-state index contributed by atoms with van der Waals surface area (Å²) in [6, 6.07) is 17.9. The molecule has 0 fully saturated rings. The van der Waals surface area contributed by atoms with E-state index in [1.807, 2.05) is 60.7 Å². The van der Waals surface area contributed by atoms with Crippen molar-refractivity contribution in [3.8, 4) is 0 Å². The molecule has 0 aromatic heterocycles. The van der Waals surface area contributed by atoms with Crippen molar-refractivity contribution in [2.24, 2.45) is 11.5 Å². The quantitative estimate of drug-likeness (QED) is 0.0947. The Morgan fingerprint density at radius 2 is 0.833 bits per heavy atom. The van der Waals surface area contributed by atoms with E-state index in [4.69, 9.17) is 11.5 Å². The van der Waals surface area contributed by atoms with Crippen LogP contribution in [0.5, 0.6) is 0 Å². The summed E-state index contributed by atoms with van der Waals surface area (Å²) in [5.74, 6) is -1.31. The third kappa shape index (κ3) is 15.9. The molecule has 10 heteroatoms. The van der Waals surface area contributed by atoms with Gasteiger partial charge in [-0.2, -0.15) is 0 Å². The molecule has 0 aliphatic carbocycles. The van der Waals surface area contributed by atoms with E-state index < -0.39 is 36.2 Å². The Labute approximate surface area is 248 Å². The molecule has 2 aromatic rings. The Morgan fingerprint density at radius 3 is 1.14 bits per heavy atom. The Bertz CT molecular complexity index is 982. The molecule has 230 valence electrons. The first-order valence-electron chi connectivity index (χ1n) is 14.9. The third-order valence-electron chi connectivity index (χ3n) is 6.92. The van der Waals surface area contributed by atoms with Crippen LogP contribution in [0.2, 0.25) is 0 Å². The highest BCUT2D eigenvalue weighted by molar-refractivity contribution is 5.87. The van der Waals surface area contributed by atoms with Gasteiger partial charge in [-0.25, -0.2) is 19.2 Å². The second-order valence-corrected chi connectivity index (χ2v) is 10.4. The van der Waals surface area contributed by atoms with Crippen molar-refractivity contribution in [2.45, 2.75) is 89.1 Å². The van der Waals surface area contributed by atoms with Crippen molar-refractivity contribution in [1.29, 1.82) is 0 Å². The number of carbonyl (C=O) groups is 4. The number of nitrogens with two attached hydrogens (primary N) is 2. The average molecular weight is 583 g/mol. The predicted octanol–water partition coefficient (Wildman–Crippen LogP) is 4.53. The zero-order valence-corrected chi connectivity index (χ0v) is 24.4. The molecule has 2 amide bonds. The van der Waals surface area contributed by atoms with Crippen LogP contribution in [-0.4, -0.2) is 49.3 Å². The number of ether oxygens (including phenoxy) is 2. The molecule has 0 saturated heterocycles. The summed E-state index contributed by atoms with van der Waals surface area (Å²) in [6.45, 7) is 1.32. The number of carbonyl (C=O) groups excluding carboxylic acids is 4. The summed E-state index contributed by atoms with van der Waals surface area (Å²) in [7, 11) is 0. The molecule has 2 unspecified atom stereocenters. The van der Waals surface area contributed by atoms with Gasteiger partial charge in [-0.15, -0.1) is 0 Å². The fraction of sp³-hybridized carbons (Fsp3) is 0.500. The average Bonchev–Trinajstić information content (AvgIpc) is 2.96. The minimum atomic E-state index is -1.09. The monoisotopic (exact) mass is 582 g/mol. The van der Waals surface area contributed by atoms with Gasteiger partial charge in [-0.3, -0.25) is 0 Å². The van der Waals surface area contributed by atoms with E-state index in [1.165, 1.54) is 25.7 Å². The van der Waals surface area contributed by atoms with Crippen LogP contribution in [0.15, 0.2) is 60.7 Å². The molecule has 0 bridgehead atoms. The van der Waals surface area contributed by atoms with Crippen LogP contribution in [0.1, 0.15) is 75.3 Å². The van der Waals surface area contributed by atoms with Crippen LogP contribution in [0, 0.1) is 0 Å². The van der Waals surface area contributed by atoms with Gasteiger partial charge < -0.3 is 31.6 Å². The molecular weight excluding hydrogens is 536 g/mol. The number of benzene rings is 2. The molecular formula is C32H46N4O6. The normalized spacial score (nSPS) is 12.3. The molecule has 0 aliphatic rings. The number of nitrogens with one attached hydrogen (secondary N) is 2. The van der Waals surface area contributed by atoms with Crippen molar-refractivity contribution in [1.82, 2.24) is 10.6 Å². The smallest absolute Gasteiger partial charge is 0.375 e. The zero-order chi connectivity index (χ0) is 30.4. The van der Waals surface area contributed by atoms with Gasteiger partial charge in [0.2, 0.25) is 0 Å². The maximum absolute atomic E-state index is 12.2. The van der Waals surface area contributed by atoms with Gasteiger partial charge in [0.15, 0.2) is 0 Å². The highest BCUT2D eigenvalue weighted by atomic mass is 16.6.